The summed E-state index contributed by atoms with van der Waals surface area (Å²) in [7, 11) is 1.96. The average molecular weight is 289 g/mol. The molecule has 3 rings (SSSR count). The summed E-state index contributed by atoms with van der Waals surface area (Å²) in [6.45, 7) is 1.31. The lowest BCUT2D eigenvalue weighted by Gasteiger charge is -2.31. The number of ether oxygens (including phenoxy) is 1. The molecule has 0 saturated carbocycles. The number of imidazole rings is 1. The molecule has 1 aliphatic rings. The molecule has 21 heavy (non-hydrogen) atoms. The summed E-state index contributed by atoms with van der Waals surface area (Å²) in [5, 5.41) is 9.37. The van der Waals surface area contributed by atoms with E-state index in [4.69, 9.17) is 4.74 Å². The molecule has 7 nitrogen and oxygen atoms in total. The second kappa shape index (κ2) is 6.09. The molecule has 1 fully saturated rings. The minimum absolute atomic E-state index is 0.0663. The van der Waals surface area contributed by atoms with E-state index in [0.29, 0.717) is 12.1 Å². The zero-order valence-corrected chi connectivity index (χ0v) is 12.0. The van der Waals surface area contributed by atoms with E-state index in [9.17, 15) is 4.79 Å². The molecule has 0 bridgehead atoms. The maximum atomic E-state index is 12.0. The van der Waals surface area contributed by atoms with Gasteiger partial charge in [0.1, 0.15) is 11.9 Å². The fourth-order valence-electron chi connectivity index (χ4n) is 2.69. The van der Waals surface area contributed by atoms with Crippen LogP contribution in [0.15, 0.2) is 24.8 Å². The van der Waals surface area contributed by atoms with Gasteiger partial charge in [-0.05, 0) is 12.8 Å². The zero-order valence-electron chi connectivity index (χ0n) is 12.0. The lowest BCUT2D eigenvalue weighted by atomic mass is 9.93. The number of carbonyl (C=O) groups is 1. The van der Waals surface area contributed by atoms with Crippen molar-refractivity contribution in [1.82, 2.24) is 25.1 Å². The predicted octanol–water partition coefficient (Wildman–Crippen LogP) is 1.04. The van der Waals surface area contributed by atoms with Crippen LogP contribution in [0.25, 0.3) is 0 Å². The molecule has 2 aromatic heterocycles. The first-order chi connectivity index (χ1) is 10.3. The van der Waals surface area contributed by atoms with E-state index in [0.717, 1.165) is 25.3 Å². The van der Waals surface area contributed by atoms with Crippen molar-refractivity contribution in [3.05, 3.63) is 36.2 Å². The van der Waals surface area contributed by atoms with Crippen LogP contribution < -0.4 is 5.32 Å². The lowest BCUT2D eigenvalue weighted by Crippen LogP contribution is -2.35. The Bertz CT molecular complexity index is 592. The van der Waals surface area contributed by atoms with Crippen LogP contribution in [0.3, 0.4) is 0 Å². The number of H-pyrrole nitrogens is 1. The summed E-state index contributed by atoms with van der Waals surface area (Å²) < 4.78 is 7.86. The van der Waals surface area contributed by atoms with Crippen molar-refractivity contribution < 1.29 is 9.53 Å². The number of nitrogens with zero attached hydrogens (tertiary/aromatic N) is 3. The molecule has 2 N–H and O–H groups in total. The highest BCUT2D eigenvalue weighted by atomic mass is 16.5. The van der Waals surface area contributed by atoms with E-state index < -0.39 is 0 Å². The highest BCUT2D eigenvalue weighted by molar-refractivity contribution is 5.93. The molecule has 112 valence electrons. The van der Waals surface area contributed by atoms with Gasteiger partial charge in [-0.15, -0.1) is 0 Å². The van der Waals surface area contributed by atoms with Crippen molar-refractivity contribution in [2.45, 2.75) is 18.9 Å². The van der Waals surface area contributed by atoms with E-state index in [-0.39, 0.29) is 17.9 Å². The predicted molar refractivity (Wildman–Crippen MR) is 75.5 cm³/mol. The van der Waals surface area contributed by atoms with Gasteiger partial charge in [0.05, 0.1) is 11.8 Å². The standard InChI is InChI=1S/C14H19N5O2/c1-19-5-4-15-13(19)12-10(3-2-6-21-12)7-16-14(20)11-8-17-18-9-11/h4-5,8-10,12H,2-3,6-7H2,1H3,(H,16,20)(H,17,18)/t10-,12+/m0/s1. The number of rotatable bonds is 4. The van der Waals surface area contributed by atoms with Gasteiger partial charge in [0, 0.05) is 44.7 Å². The monoisotopic (exact) mass is 289 g/mol. The Hall–Kier alpha value is -2.15. The van der Waals surface area contributed by atoms with Crippen LogP contribution in [-0.2, 0) is 11.8 Å². The van der Waals surface area contributed by atoms with Crippen LogP contribution in [0.5, 0.6) is 0 Å². The van der Waals surface area contributed by atoms with Gasteiger partial charge in [0.15, 0.2) is 0 Å². The minimum Gasteiger partial charge on any atom is -0.370 e. The molecule has 0 spiro atoms. The highest BCUT2D eigenvalue weighted by Gasteiger charge is 2.30. The third-order valence-electron chi connectivity index (χ3n) is 3.84. The van der Waals surface area contributed by atoms with Crippen LogP contribution in [-0.4, -0.2) is 38.8 Å². The van der Waals surface area contributed by atoms with Gasteiger partial charge in [-0.1, -0.05) is 0 Å². The highest BCUT2D eigenvalue weighted by Crippen LogP contribution is 2.32. The van der Waals surface area contributed by atoms with Gasteiger partial charge in [0.2, 0.25) is 0 Å². The van der Waals surface area contributed by atoms with Crippen molar-refractivity contribution in [1.29, 1.82) is 0 Å². The van der Waals surface area contributed by atoms with Crippen LogP contribution >= 0.6 is 0 Å². The average Bonchev–Trinajstić information content (AvgIpc) is 3.16. The van der Waals surface area contributed by atoms with E-state index in [2.05, 4.69) is 20.5 Å². The normalized spacial score (nSPS) is 22.1. The maximum Gasteiger partial charge on any atom is 0.254 e. The molecule has 1 saturated heterocycles. The van der Waals surface area contributed by atoms with Gasteiger partial charge in [0.25, 0.3) is 5.91 Å². The summed E-state index contributed by atoms with van der Waals surface area (Å²) in [6.07, 6.45) is 8.74. The van der Waals surface area contributed by atoms with Gasteiger partial charge < -0.3 is 14.6 Å². The van der Waals surface area contributed by atoms with E-state index in [1.807, 2.05) is 17.8 Å². The molecular weight excluding hydrogens is 270 g/mol. The number of aromatic nitrogens is 4. The second-order valence-electron chi connectivity index (χ2n) is 5.29. The Kier molecular flexibility index (Phi) is 4.01. The van der Waals surface area contributed by atoms with Crippen molar-refractivity contribution in [2.24, 2.45) is 13.0 Å². The molecule has 0 aliphatic carbocycles. The molecule has 0 aromatic carbocycles. The van der Waals surface area contributed by atoms with E-state index >= 15 is 0 Å². The van der Waals surface area contributed by atoms with Gasteiger partial charge in [-0.25, -0.2) is 4.98 Å². The summed E-state index contributed by atoms with van der Waals surface area (Å²) in [5.41, 5.74) is 0.542. The Balaban J connectivity index is 1.65. The van der Waals surface area contributed by atoms with Crippen molar-refractivity contribution >= 4 is 5.91 Å². The molecule has 0 unspecified atom stereocenters. The van der Waals surface area contributed by atoms with Crippen LogP contribution in [0.1, 0.15) is 35.1 Å². The van der Waals surface area contributed by atoms with E-state index in [1.165, 1.54) is 6.20 Å². The second-order valence-corrected chi connectivity index (χ2v) is 5.29. The number of amides is 1. The van der Waals surface area contributed by atoms with Crippen LogP contribution in [0, 0.1) is 5.92 Å². The van der Waals surface area contributed by atoms with Crippen molar-refractivity contribution in [3.8, 4) is 0 Å². The molecule has 2 atom stereocenters. The molecular formula is C14H19N5O2. The van der Waals surface area contributed by atoms with Crippen molar-refractivity contribution in [2.75, 3.05) is 13.2 Å². The van der Waals surface area contributed by atoms with Crippen LogP contribution in [0.4, 0.5) is 0 Å². The third kappa shape index (κ3) is 2.97. The molecule has 1 amide bonds. The quantitative estimate of drug-likeness (QED) is 0.880. The summed E-state index contributed by atoms with van der Waals surface area (Å²) in [4.78, 5) is 16.4. The Morgan fingerprint density at radius 2 is 2.52 bits per heavy atom. The SMILES string of the molecule is Cn1ccnc1[C@@H]1OCCC[C@H]1CNC(=O)c1cn[nH]c1. The fourth-order valence-corrected chi connectivity index (χ4v) is 2.69. The first kappa shape index (κ1) is 13.8. The Morgan fingerprint density at radius 1 is 1.62 bits per heavy atom. The third-order valence-corrected chi connectivity index (χ3v) is 3.84. The smallest absolute Gasteiger partial charge is 0.254 e. The maximum absolute atomic E-state index is 12.0. The first-order valence-corrected chi connectivity index (χ1v) is 7.11. The Morgan fingerprint density at radius 3 is 3.24 bits per heavy atom. The first-order valence-electron chi connectivity index (χ1n) is 7.11. The molecule has 2 aromatic rings. The van der Waals surface area contributed by atoms with Crippen molar-refractivity contribution in [3.63, 3.8) is 0 Å². The molecule has 1 aliphatic heterocycles. The van der Waals surface area contributed by atoms with Gasteiger partial charge in [-0.2, -0.15) is 5.10 Å². The largest absolute Gasteiger partial charge is 0.370 e. The van der Waals surface area contributed by atoms with Gasteiger partial charge >= 0.3 is 0 Å². The topological polar surface area (TPSA) is 84.8 Å². The summed E-state index contributed by atoms with van der Waals surface area (Å²) in [5.74, 6) is 1.03. The minimum atomic E-state index is -0.118. The van der Waals surface area contributed by atoms with Gasteiger partial charge in [-0.3, -0.25) is 9.89 Å². The van der Waals surface area contributed by atoms with E-state index in [1.54, 1.807) is 12.4 Å². The summed E-state index contributed by atoms with van der Waals surface area (Å²) in [6, 6.07) is 0. The lowest BCUT2D eigenvalue weighted by molar-refractivity contribution is -0.0337. The summed E-state index contributed by atoms with van der Waals surface area (Å²) >= 11 is 0. The number of aryl methyl sites for hydroxylation is 1. The fraction of sp³-hybridized carbons (Fsp3) is 0.500. The number of hydrogen-bond donors (Lipinski definition) is 2. The van der Waals surface area contributed by atoms with Crippen LogP contribution in [0.2, 0.25) is 0 Å². The number of nitrogens with one attached hydrogen (secondary N) is 2. The zero-order chi connectivity index (χ0) is 14.7. The number of carbonyl (C=O) groups excluding carboxylic acids is 1. The number of hydrogen-bond acceptors (Lipinski definition) is 4. The Labute approximate surface area is 122 Å². The number of aromatic amines is 1. The molecule has 0 radical (unpaired) electrons. The molecule has 7 heteroatoms. The molecule has 3 heterocycles.